The van der Waals surface area contributed by atoms with E-state index in [1.807, 2.05) is 97.3 Å². The molecule has 0 spiro atoms. The van der Waals surface area contributed by atoms with Gasteiger partial charge in [0.15, 0.2) is 5.11 Å². The van der Waals surface area contributed by atoms with Crippen LogP contribution in [-0.2, 0) is 0 Å². The van der Waals surface area contributed by atoms with Gasteiger partial charge in [-0.3, -0.25) is 4.98 Å². The molecule has 5 aromatic rings. The van der Waals surface area contributed by atoms with Crippen LogP contribution in [0.2, 0.25) is 0 Å². The van der Waals surface area contributed by atoms with Crippen LogP contribution in [0, 0.1) is 13.8 Å². The SMILES string of the molecule is COc1ccc(Oc2ccc(N3C(=S)N[C@@H](c4ccccn4)[C@H]3c3cc(C)n(-c4ccccn4)c3C)cc2)cc1. The Labute approximate surface area is 239 Å². The first-order valence-electron chi connectivity index (χ1n) is 13.1. The van der Waals surface area contributed by atoms with Crippen LogP contribution in [-0.4, -0.2) is 26.8 Å². The summed E-state index contributed by atoms with van der Waals surface area (Å²) in [4.78, 5) is 11.5. The highest BCUT2D eigenvalue weighted by molar-refractivity contribution is 7.80. The number of methoxy groups -OCH3 is 1. The van der Waals surface area contributed by atoms with Gasteiger partial charge in [-0.1, -0.05) is 12.1 Å². The highest BCUT2D eigenvalue weighted by Gasteiger charge is 2.42. The van der Waals surface area contributed by atoms with Crippen molar-refractivity contribution in [3.63, 3.8) is 0 Å². The Hall–Kier alpha value is -4.69. The average molecular weight is 548 g/mol. The van der Waals surface area contributed by atoms with E-state index in [-0.39, 0.29) is 12.1 Å². The number of anilines is 1. The smallest absolute Gasteiger partial charge is 0.174 e. The number of aromatic nitrogens is 3. The Morgan fingerprint density at radius 1 is 0.800 bits per heavy atom. The van der Waals surface area contributed by atoms with Gasteiger partial charge in [0.1, 0.15) is 23.1 Å². The van der Waals surface area contributed by atoms with E-state index in [1.54, 1.807) is 7.11 Å². The lowest BCUT2D eigenvalue weighted by atomic mass is 9.96. The number of pyridine rings is 2. The largest absolute Gasteiger partial charge is 0.497 e. The molecule has 0 unspecified atom stereocenters. The Bertz CT molecular complexity index is 1620. The summed E-state index contributed by atoms with van der Waals surface area (Å²) >= 11 is 5.94. The number of nitrogens with one attached hydrogen (secondary N) is 1. The first kappa shape index (κ1) is 25.6. The van der Waals surface area contributed by atoms with Crippen molar-refractivity contribution >= 4 is 23.0 Å². The summed E-state index contributed by atoms with van der Waals surface area (Å²) in [6.45, 7) is 4.25. The molecule has 0 aliphatic carbocycles. The number of hydrogen-bond acceptors (Lipinski definition) is 5. The van der Waals surface area contributed by atoms with E-state index >= 15 is 0 Å². The molecular weight excluding hydrogens is 518 g/mol. The van der Waals surface area contributed by atoms with Gasteiger partial charge in [-0.2, -0.15) is 0 Å². The second-order valence-corrected chi connectivity index (χ2v) is 10.0. The summed E-state index contributed by atoms with van der Waals surface area (Å²) in [5, 5.41) is 4.20. The van der Waals surface area contributed by atoms with Gasteiger partial charge in [-0.25, -0.2) is 4.98 Å². The molecule has 7 nitrogen and oxygen atoms in total. The monoisotopic (exact) mass is 547 g/mol. The minimum Gasteiger partial charge on any atom is -0.497 e. The van der Waals surface area contributed by atoms with Crippen molar-refractivity contribution in [1.82, 2.24) is 19.9 Å². The topological polar surface area (TPSA) is 64.4 Å². The van der Waals surface area contributed by atoms with Crippen LogP contribution in [0.5, 0.6) is 17.2 Å². The predicted octanol–water partition coefficient (Wildman–Crippen LogP) is 6.86. The molecule has 1 N–H and O–H groups in total. The lowest BCUT2D eigenvalue weighted by Crippen LogP contribution is -2.29. The van der Waals surface area contributed by atoms with Crippen LogP contribution in [0.3, 0.4) is 0 Å². The molecular formula is C32H29N5O2S. The highest BCUT2D eigenvalue weighted by Crippen LogP contribution is 2.44. The number of aryl methyl sites for hydroxylation is 1. The number of rotatable bonds is 7. The van der Waals surface area contributed by atoms with Crippen molar-refractivity contribution in [3.8, 4) is 23.1 Å². The maximum absolute atomic E-state index is 6.07. The number of nitrogens with zero attached hydrogens (tertiary/aromatic N) is 4. The predicted molar refractivity (Wildman–Crippen MR) is 160 cm³/mol. The average Bonchev–Trinajstić information content (AvgIpc) is 3.49. The van der Waals surface area contributed by atoms with E-state index in [4.69, 9.17) is 26.7 Å². The second kappa shape index (κ2) is 10.8. The fourth-order valence-electron chi connectivity index (χ4n) is 5.33. The van der Waals surface area contributed by atoms with Crippen LogP contribution >= 0.6 is 12.2 Å². The third-order valence-electron chi connectivity index (χ3n) is 7.18. The molecule has 1 fully saturated rings. The lowest BCUT2D eigenvalue weighted by Gasteiger charge is -2.28. The van der Waals surface area contributed by atoms with Gasteiger partial charge in [-0.15, -0.1) is 0 Å². The van der Waals surface area contributed by atoms with Gasteiger partial charge in [0, 0.05) is 29.5 Å². The third kappa shape index (κ3) is 4.78. The number of thiocarbonyl (C=S) groups is 1. The fraction of sp³-hybridized carbons (Fsp3) is 0.156. The van der Waals surface area contributed by atoms with Crippen molar-refractivity contribution in [2.75, 3.05) is 12.0 Å². The van der Waals surface area contributed by atoms with Gasteiger partial charge in [0.2, 0.25) is 0 Å². The molecule has 2 aromatic carbocycles. The van der Waals surface area contributed by atoms with E-state index in [1.165, 1.54) is 0 Å². The Morgan fingerprint density at radius 2 is 1.45 bits per heavy atom. The van der Waals surface area contributed by atoms with Gasteiger partial charge in [0.25, 0.3) is 0 Å². The van der Waals surface area contributed by atoms with Crippen molar-refractivity contribution in [1.29, 1.82) is 0 Å². The normalized spacial score (nSPS) is 16.6. The van der Waals surface area contributed by atoms with Crippen LogP contribution < -0.4 is 19.7 Å². The summed E-state index contributed by atoms with van der Waals surface area (Å²) in [7, 11) is 1.65. The molecule has 6 rings (SSSR count). The molecule has 2 atom stereocenters. The minimum absolute atomic E-state index is 0.126. The molecule has 1 saturated heterocycles. The Balaban J connectivity index is 1.38. The van der Waals surface area contributed by atoms with Crippen LogP contribution in [0.25, 0.3) is 5.82 Å². The van der Waals surface area contributed by atoms with Crippen molar-refractivity contribution in [2.45, 2.75) is 25.9 Å². The van der Waals surface area contributed by atoms with Gasteiger partial charge >= 0.3 is 0 Å². The van der Waals surface area contributed by atoms with Gasteiger partial charge in [0.05, 0.1) is 24.9 Å². The summed E-state index contributed by atoms with van der Waals surface area (Å²) < 4.78 is 13.5. The standard InChI is InChI=1S/C32H29N5O2S/c1-21-20-27(22(2)36(21)29-9-5-7-19-34-29)31-30(28-8-4-6-18-33-28)35-32(40)37(31)23-10-12-25(13-11-23)39-26-16-14-24(38-3)15-17-26/h4-20,30-31H,1-3H3,(H,35,40)/t30-,31+/m0/s1. The number of hydrogen-bond donors (Lipinski definition) is 1. The number of benzene rings is 2. The summed E-state index contributed by atoms with van der Waals surface area (Å²) in [5.74, 6) is 3.15. The zero-order valence-corrected chi connectivity index (χ0v) is 23.3. The zero-order chi connectivity index (χ0) is 27.6. The van der Waals surface area contributed by atoms with Crippen molar-refractivity contribution < 1.29 is 9.47 Å². The van der Waals surface area contributed by atoms with E-state index in [2.05, 4.69) is 39.7 Å². The highest BCUT2D eigenvalue weighted by atomic mass is 32.1. The summed E-state index contributed by atoms with van der Waals surface area (Å²) in [5.41, 5.74) is 5.26. The Kier molecular flexibility index (Phi) is 6.92. The van der Waals surface area contributed by atoms with E-state index in [9.17, 15) is 0 Å². The molecule has 0 bridgehead atoms. The van der Waals surface area contributed by atoms with E-state index in [0.717, 1.165) is 51.4 Å². The molecule has 8 heteroatoms. The third-order valence-corrected chi connectivity index (χ3v) is 7.49. The van der Waals surface area contributed by atoms with Crippen LogP contribution in [0.1, 0.15) is 34.7 Å². The summed E-state index contributed by atoms with van der Waals surface area (Å²) in [6, 6.07) is 29.4. The van der Waals surface area contributed by atoms with E-state index < -0.39 is 0 Å². The molecule has 3 aromatic heterocycles. The summed E-state index contributed by atoms with van der Waals surface area (Å²) in [6.07, 6.45) is 3.64. The molecule has 0 amide bonds. The molecule has 4 heterocycles. The minimum atomic E-state index is -0.137. The molecule has 1 aliphatic rings. The molecule has 40 heavy (non-hydrogen) atoms. The first-order valence-corrected chi connectivity index (χ1v) is 13.5. The van der Waals surface area contributed by atoms with Crippen molar-refractivity contribution in [3.05, 3.63) is 126 Å². The van der Waals surface area contributed by atoms with Crippen molar-refractivity contribution in [2.24, 2.45) is 0 Å². The van der Waals surface area contributed by atoms with Gasteiger partial charge in [-0.05, 0) is 110 Å². The molecule has 200 valence electrons. The second-order valence-electron chi connectivity index (χ2n) is 9.62. The van der Waals surface area contributed by atoms with E-state index in [0.29, 0.717) is 5.11 Å². The molecule has 0 radical (unpaired) electrons. The fourth-order valence-corrected chi connectivity index (χ4v) is 5.68. The first-order chi connectivity index (χ1) is 19.5. The van der Waals surface area contributed by atoms with Crippen LogP contribution in [0.15, 0.2) is 103 Å². The quantitative estimate of drug-likeness (QED) is 0.223. The van der Waals surface area contributed by atoms with Gasteiger partial charge < -0.3 is 24.3 Å². The maximum Gasteiger partial charge on any atom is 0.174 e. The van der Waals surface area contributed by atoms with Crippen LogP contribution in [0.4, 0.5) is 5.69 Å². The molecule has 1 aliphatic heterocycles. The maximum atomic E-state index is 6.07. The Morgan fingerprint density at radius 3 is 2.08 bits per heavy atom. The molecule has 0 saturated carbocycles. The lowest BCUT2D eigenvalue weighted by molar-refractivity contribution is 0.413. The number of ether oxygens (including phenoxy) is 2. The zero-order valence-electron chi connectivity index (χ0n) is 22.5.